The van der Waals surface area contributed by atoms with Gasteiger partial charge in [0.1, 0.15) is 5.75 Å². The Labute approximate surface area is 167 Å². The number of aliphatic imine (C=N–C) groups is 1. The predicted molar refractivity (Wildman–Crippen MR) is 112 cm³/mol. The highest BCUT2D eigenvalue weighted by atomic mass is 127. The Morgan fingerprint density at radius 2 is 2.16 bits per heavy atom. The molecule has 1 atom stereocenters. The molecule has 1 aliphatic heterocycles. The number of nitrogens with zero attached hydrogens (tertiary/aromatic N) is 2. The summed E-state index contributed by atoms with van der Waals surface area (Å²) in [4.78, 5) is 18.0. The van der Waals surface area contributed by atoms with Crippen LogP contribution in [0.25, 0.3) is 0 Å². The third-order valence-electron chi connectivity index (χ3n) is 4.21. The van der Waals surface area contributed by atoms with Crippen molar-refractivity contribution in [1.82, 2.24) is 15.5 Å². The van der Waals surface area contributed by atoms with Crippen molar-refractivity contribution in [3.63, 3.8) is 0 Å². The van der Waals surface area contributed by atoms with Gasteiger partial charge in [-0.15, -0.1) is 24.0 Å². The molecule has 1 aromatic rings. The van der Waals surface area contributed by atoms with E-state index in [0.717, 1.165) is 36.8 Å². The number of ether oxygens (including phenoxy) is 1. The summed E-state index contributed by atoms with van der Waals surface area (Å²) in [5.74, 6) is 1.83. The maximum Gasteiger partial charge on any atom is 0.222 e. The molecule has 140 valence electrons. The van der Waals surface area contributed by atoms with Gasteiger partial charge in [0.15, 0.2) is 5.96 Å². The van der Waals surface area contributed by atoms with Crippen LogP contribution in [-0.4, -0.2) is 50.1 Å². The van der Waals surface area contributed by atoms with Crippen LogP contribution >= 0.6 is 24.0 Å². The number of aryl methyl sites for hydroxylation is 1. The van der Waals surface area contributed by atoms with Crippen LogP contribution in [0.1, 0.15) is 30.9 Å². The number of amides is 1. The minimum Gasteiger partial charge on any atom is -0.497 e. The predicted octanol–water partition coefficient (Wildman–Crippen LogP) is 2.30. The number of carbonyl (C=O) groups is 1. The van der Waals surface area contributed by atoms with Gasteiger partial charge in [-0.05, 0) is 36.6 Å². The normalized spacial score (nSPS) is 17.0. The number of likely N-dealkylation sites (tertiary alicyclic amines) is 1. The Kier molecular flexibility index (Phi) is 9.02. The Bertz CT molecular complexity index is 607. The van der Waals surface area contributed by atoms with Gasteiger partial charge in [0.2, 0.25) is 5.91 Å². The topological polar surface area (TPSA) is 66.0 Å². The summed E-state index contributed by atoms with van der Waals surface area (Å²) in [5, 5.41) is 6.73. The SMILES string of the molecule is CCC(=O)N1CCC(NC(=NC)NCc2cc(C)cc(OC)c2)C1.I. The lowest BCUT2D eigenvalue weighted by Crippen LogP contribution is -2.44. The average Bonchev–Trinajstić information content (AvgIpc) is 3.05. The van der Waals surface area contributed by atoms with Crippen LogP contribution in [0.2, 0.25) is 0 Å². The van der Waals surface area contributed by atoms with Gasteiger partial charge in [0.05, 0.1) is 7.11 Å². The summed E-state index contributed by atoms with van der Waals surface area (Å²) < 4.78 is 5.31. The van der Waals surface area contributed by atoms with Crippen molar-refractivity contribution in [3.8, 4) is 5.75 Å². The molecule has 0 radical (unpaired) electrons. The number of benzene rings is 1. The smallest absolute Gasteiger partial charge is 0.222 e. The van der Waals surface area contributed by atoms with Crippen molar-refractivity contribution in [2.24, 2.45) is 4.99 Å². The monoisotopic (exact) mass is 460 g/mol. The van der Waals surface area contributed by atoms with Gasteiger partial charge >= 0.3 is 0 Å². The standard InChI is InChI=1S/C18H28N4O2.HI/c1-5-17(23)22-7-6-15(12-22)21-18(19-3)20-11-14-8-13(2)9-16(10-14)24-4;/h8-10,15H,5-7,11-12H2,1-4H3,(H2,19,20,21);1H. The van der Waals surface area contributed by atoms with Crippen LogP contribution in [0.5, 0.6) is 5.75 Å². The Balaban J connectivity index is 0.00000312. The number of hydrogen-bond acceptors (Lipinski definition) is 3. The fraction of sp³-hybridized carbons (Fsp3) is 0.556. The molecular weight excluding hydrogens is 431 g/mol. The van der Waals surface area contributed by atoms with Gasteiger partial charge in [-0.25, -0.2) is 0 Å². The molecule has 1 heterocycles. The maximum absolute atomic E-state index is 11.8. The third kappa shape index (κ3) is 6.37. The molecule has 1 aliphatic rings. The van der Waals surface area contributed by atoms with Crippen molar-refractivity contribution in [1.29, 1.82) is 0 Å². The molecule has 25 heavy (non-hydrogen) atoms. The lowest BCUT2D eigenvalue weighted by molar-refractivity contribution is -0.129. The summed E-state index contributed by atoms with van der Waals surface area (Å²) in [7, 11) is 3.44. The van der Waals surface area contributed by atoms with Crippen LogP contribution in [0.4, 0.5) is 0 Å². The first-order valence-electron chi connectivity index (χ1n) is 8.45. The van der Waals surface area contributed by atoms with Crippen LogP contribution < -0.4 is 15.4 Å². The fourth-order valence-electron chi connectivity index (χ4n) is 2.95. The van der Waals surface area contributed by atoms with E-state index in [9.17, 15) is 4.79 Å². The van der Waals surface area contributed by atoms with Crippen molar-refractivity contribution in [2.45, 2.75) is 39.3 Å². The van der Waals surface area contributed by atoms with E-state index in [-0.39, 0.29) is 35.9 Å². The number of carbonyl (C=O) groups excluding carboxylic acids is 1. The van der Waals surface area contributed by atoms with Gasteiger partial charge in [-0.1, -0.05) is 13.0 Å². The quantitative estimate of drug-likeness (QED) is 0.402. The van der Waals surface area contributed by atoms with Crippen molar-refractivity contribution < 1.29 is 9.53 Å². The zero-order chi connectivity index (χ0) is 17.5. The Hall–Kier alpha value is -1.51. The van der Waals surface area contributed by atoms with E-state index in [1.807, 2.05) is 24.0 Å². The van der Waals surface area contributed by atoms with Crippen LogP contribution in [0, 0.1) is 6.92 Å². The highest BCUT2D eigenvalue weighted by Crippen LogP contribution is 2.16. The molecule has 0 aliphatic carbocycles. The first-order valence-corrected chi connectivity index (χ1v) is 8.45. The van der Waals surface area contributed by atoms with Crippen molar-refractivity contribution >= 4 is 35.8 Å². The molecule has 1 aromatic carbocycles. The molecule has 2 rings (SSSR count). The summed E-state index contributed by atoms with van der Waals surface area (Å²) in [5.41, 5.74) is 2.31. The van der Waals surface area contributed by atoms with Gasteiger partial charge in [0.25, 0.3) is 0 Å². The molecule has 2 N–H and O–H groups in total. The minimum absolute atomic E-state index is 0. The van der Waals surface area contributed by atoms with Gasteiger partial charge in [-0.3, -0.25) is 9.79 Å². The summed E-state index contributed by atoms with van der Waals surface area (Å²) in [6, 6.07) is 6.40. The summed E-state index contributed by atoms with van der Waals surface area (Å²) >= 11 is 0. The first kappa shape index (κ1) is 21.5. The summed E-state index contributed by atoms with van der Waals surface area (Å²) in [6.07, 6.45) is 1.51. The van der Waals surface area contributed by atoms with Crippen LogP contribution in [-0.2, 0) is 11.3 Å². The molecule has 0 aromatic heterocycles. The second-order valence-corrected chi connectivity index (χ2v) is 6.11. The number of rotatable bonds is 5. The second kappa shape index (κ2) is 10.5. The Morgan fingerprint density at radius 3 is 2.80 bits per heavy atom. The van der Waals surface area contributed by atoms with E-state index in [1.54, 1.807) is 14.2 Å². The summed E-state index contributed by atoms with van der Waals surface area (Å²) in [6.45, 7) is 6.18. The zero-order valence-electron chi connectivity index (χ0n) is 15.5. The van der Waals surface area contributed by atoms with Crippen LogP contribution in [0.15, 0.2) is 23.2 Å². The fourth-order valence-corrected chi connectivity index (χ4v) is 2.95. The number of methoxy groups -OCH3 is 1. The highest BCUT2D eigenvalue weighted by molar-refractivity contribution is 14.0. The molecular formula is C18H29IN4O2. The molecule has 1 amide bonds. The first-order chi connectivity index (χ1) is 11.5. The highest BCUT2D eigenvalue weighted by Gasteiger charge is 2.25. The lowest BCUT2D eigenvalue weighted by atomic mass is 10.1. The van der Waals surface area contributed by atoms with E-state index in [0.29, 0.717) is 13.0 Å². The molecule has 1 fully saturated rings. The average molecular weight is 460 g/mol. The molecule has 0 saturated carbocycles. The molecule has 0 spiro atoms. The molecule has 1 saturated heterocycles. The molecule has 0 bridgehead atoms. The molecule has 7 heteroatoms. The minimum atomic E-state index is 0. The maximum atomic E-state index is 11.8. The van der Waals surface area contributed by atoms with Gasteiger partial charge in [0, 0.05) is 39.1 Å². The van der Waals surface area contributed by atoms with Crippen molar-refractivity contribution in [2.75, 3.05) is 27.2 Å². The zero-order valence-corrected chi connectivity index (χ0v) is 17.8. The van der Waals surface area contributed by atoms with E-state index < -0.39 is 0 Å². The lowest BCUT2D eigenvalue weighted by Gasteiger charge is -2.19. The molecule has 6 nitrogen and oxygen atoms in total. The van der Waals surface area contributed by atoms with E-state index in [4.69, 9.17) is 4.74 Å². The molecule has 1 unspecified atom stereocenters. The van der Waals surface area contributed by atoms with Gasteiger partial charge in [-0.2, -0.15) is 0 Å². The third-order valence-corrected chi connectivity index (χ3v) is 4.21. The number of nitrogens with one attached hydrogen (secondary N) is 2. The van der Waals surface area contributed by atoms with Gasteiger partial charge < -0.3 is 20.3 Å². The largest absolute Gasteiger partial charge is 0.497 e. The van der Waals surface area contributed by atoms with Crippen molar-refractivity contribution in [3.05, 3.63) is 29.3 Å². The second-order valence-electron chi connectivity index (χ2n) is 6.11. The van der Waals surface area contributed by atoms with E-state index in [2.05, 4.69) is 28.6 Å². The number of hydrogen-bond donors (Lipinski definition) is 2. The van der Waals surface area contributed by atoms with E-state index >= 15 is 0 Å². The van der Waals surface area contributed by atoms with Crippen LogP contribution in [0.3, 0.4) is 0 Å². The number of halogens is 1. The van der Waals surface area contributed by atoms with E-state index in [1.165, 1.54) is 5.56 Å². The Morgan fingerprint density at radius 1 is 1.40 bits per heavy atom. The number of guanidine groups is 1.